The molecule has 0 atom stereocenters. The molecule has 1 amide bonds. The summed E-state index contributed by atoms with van der Waals surface area (Å²) in [5.74, 6) is 0.124. The maximum Gasteiger partial charge on any atom is 0.225 e. The fraction of sp³-hybridized carbons (Fsp3) is 0.933. The molecule has 19 heavy (non-hydrogen) atoms. The highest BCUT2D eigenvalue weighted by Crippen LogP contribution is 2.39. The van der Waals surface area contributed by atoms with Gasteiger partial charge in [-0.3, -0.25) is 4.79 Å². The quantitative estimate of drug-likeness (QED) is 0.830. The van der Waals surface area contributed by atoms with Gasteiger partial charge in [-0.15, -0.1) is 0 Å². The molecule has 0 aromatic rings. The minimum absolute atomic E-state index is 0.0386. The lowest BCUT2D eigenvalue weighted by Gasteiger charge is -2.48. The largest absolute Gasteiger partial charge is 0.389 e. The standard InChI is InChI=1S/C15H25NO3/c17-13(11-14(18)5-2-1-3-6-14)16-9-10-19-15(12-16)7-4-8-15/h18H,1-12H2. The Kier molecular flexibility index (Phi) is 3.56. The molecule has 4 nitrogen and oxygen atoms in total. The molecular weight excluding hydrogens is 242 g/mol. The van der Waals surface area contributed by atoms with Gasteiger partial charge >= 0.3 is 0 Å². The summed E-state index contributed by atoms with van der Waals surface area (Å²) in [6.07, 6.45) is 8.56. The Balaban J connectivity index is 1.57. The zero-order chi connectivity index (χ0) is 13.3. The summed E-state index contributed by atoms with van der Waals surface area (Å²) in [6.45, 7) is 2.09. The van der Waals surface area contributed by atoms with Gasteiger partial charge in [0.15, 0.2) is 0 Å². The molecule has 3 fully saturated rings. The minimum atomic E-state index is -0.736. The Morgan fingerprint density at radius 2 is 1.84 bits per heavy atom. The molecule has 2 aliphatic carbocycles. The lowest BCUT2D eigenvalue weighted by molar-refractivity contribution is -0.171. The maximum absolute atomic E-state index is 12.4. The molecule has 0 aromatic heterocycles. The van der Waals surface area contributed by atoms with E-state index in [9.17, 15) is 9.90 Å². The Hall–Kier alpha value is -0.610. The van der Waals surface area contributed by atoms with E-state index in [2.05, 4.69) is 0 Å². The number of morpholine rings is 1. The van der Waals surface area contributed by atoms with Crippen molar-refractivity contribution in [3.05, 3.63) is 0 Å². The van der Waals surface area contributed by atoms with Gasteiger partial charge in [0.2, 0.25) is 5.91 Å². The minimum Gasteiger partial charge on any atom is -0.389 e. The molecule has 108 valence electrons. The van der Waals surface area contributed by atoms with Crippen LogP contribution < -0.4 is 0 Å². The summed E-state index contributed by atoms with van der Waals surface area (Å²) in [7, 11) is 0. The monoisotopic (exact) mass is 267 g/mol. The molecule has 3 aliphatic rings. The van der Waals surface area contributed by atoms with Crippen LogP contribution in [0.1, 0.15) is 57.8 Å². The average molecular weight is 267 g/mol. The van der Waals surface area contributed by atoms with E-state index in [4.69, 9.17) is 4.74 Å². The molecule has 1 heterocycles. The van der Waals surface area contributed by atoms with Gasteiger partial charge in [-0.25, -0.2) is 0 Å². The number of nitrogens with zero attached hydrogens (tertiary/aromatic N) is 1. The summed E-state index contributed by atoms with van der Waals surface area (Å²) < 4.78 is 5.84. The lowest BCUT2D eigenvalue weighted by atomic mass is 9.78. The Labute approximate surface area is 115 Å². The van der Waals surface area contributed by atoms with Gasteiger partial charge in [-0.2, -0.15) is 0 Å². The number of hydrogen-bond acceptors (Lipinski definition) is 3. The third kappa shape index (κ3) is 2.79. The van der Waals surface area contributed by atoms with E-state index < -0.39 is 5.60 Å². The third-order valence-corrected chi connectivity index (χ3v) is 5.13. The zero-order valence-electron chi connectivity index (χ0n) is 11.7. The van der Waals surface area contributed by atoms with Crippen molar-refractivity contribution >= 4 is 5.91 Å². The van der Waals surface area contributed by atoms with Crippen LogP contribution >= 0.6 is 0 Å². The lowest BCUT2D eigenvalue weighted by Crippen LogP contribution is -2.57. The number of rotatable bonds is 2. The molecule has 1 N–H and O–H groups in total. The van der Waals surface area contributed by atoms with E-state index in [0.29, 0.717) is 19.6 Å². The zero-order valence-corrected chi connectivity index (χ0v) is 11.7. The molecule has 0 radical (unpaired) electrons. The number of amides is 1. The summed E-state index contributed by atoms with van der Waals surface area (Å²) in [5, 5.41) is 10.5. The SMILES string of the molecule is O=C(CC1(O)CCCCC1)N1CCOC2(CCC2)C1. The van der Waals surface area contributed by atoms with Crippen LogP contribution in [0.5, 0.6) is 0 Å². The van der Waals surface area contributed by atoms with Crippen molar-refractivity contribution in [3.63, 3.8) is 0 Å². The summed E-state index contributed by atoms with van der Waals surface area (Å²) in [5.41, 5.74) is -0.774. The first-order valence-electron chi connectivity index (χ1n) is 7.75. The normalized spacial score (nSPS) is 29.0. The fourth-order valence-corrected chi connectivity index (χ4v) is 3.71. The van der Waals surface area contributed by atoms with Crippen LogP contribution in [0.4, 0.5) is 0 Å². The van der Waals surface area contributed by atoms with Crippen molar-refractivity contribution < 1.29 is 14.6 Å². The maximum atomic E-state index is 12.4. The highest BCUT2D eigenvalue weighted by Gasteiger charge is 2.44. The Bertz CT molecular complexity index is 345. The molecule has 3 rings (SSSR count). The van der Waals surface area contributed by atoms with Crippen LogP contribution in [0.3, 0.4) is 0 Å². The van der Waals surface area contributed by atoms with E-state index in [-0.39, 0.29) is 11.5 Å². The second-order valence-corrected chi connectivity index (χ2v) is 6.66. The molecule has 1 aliphatic heterocycles. The van der Waals surface area contributed by atoms with Crippen LogP contribution in [0, 0.1) is 0 Å². The molecule has 2 saturated carbocycles. The van der Waals surface area contributed by atoms with E-state index in [1.54, 1.807) is 0 Å². The van der Waals surface area contributed by atoms with Gasteiger partial charge in [-0.05, 0) is 32.1 Å². The number of aliphatic hydroxyl groups is 1. The predicted octanol–water partition coefficient (Wildman–Crippen LogP) is 1.85. The predicted molar refractivity (Wildman–Crippen MR) is 71.8 cm³/mol. The summed E-state index contributed by atoms with van der Waals surface area (Å²) in [4.78, 5) is 14.3. The first-order chi connectivity index (χ1) is 9.11. The second-order valence-electron chi connectivity index (χ2n) is 6.66. The first kappa shape index (κ1) is 13.4. The van der Waals surface area contributed by atoms with E-state index >= 15 is 0 Å². The third-order valence-electron chi connectivity index (χ3n) is 5.13. The summed E-state index contributed by atoms with van der Waals surface area (Å²) >= 11 is 0. The van der Waals surface area contributed by atoms with Crippen molar-refractivity contribution in [1.82, 2.24) is 4.90 Å². The van der Waals surface area contributed by atoms with Crippen LogP contribution in [0.15, 0.2) is 0 Å². The van der Waals surface area contributed by atoms with Crippen molar-refractivity contribution in [2.45, 2.75) is 69.0 Å². The Morgan fingerprint density at radius 3 is 2.47 bits per heavy atom. The molecule has 0 aromatic carbocycles. The van der Waals surface area contributed by atoms with Gasteiger partial charge in [0.25, 0.3) is 0 Å². The average Bonchev–Trinajstić information content (AvgIpc) is 2.37. The van der Waals surface area contributed by atoms with Gasteiger partial charge in [-0.1, -0.05) is 19.3 Å². The van der Waals surface area contributed by atoms with Gasteiger partial charge in [0, 0.05) is 13.1 Å². The van der Waals surface area contributed by atoms with E-state index in [0.717, 1.165) is 45.1 Å². The second kappa shape index (κ2) is 5.06. The molecular formula is C15H25NO3. The molecule has 0 unspecified atom stereocenters. The first-order valence-corrected chi connectivity index (χ1v) is 7.75. The topological polar surface area (TPSA) is 49.8 Å². The van der Waals surface area contributed by atoms with Gasteiger partial charge in [0.1, 0.15) is 0 Å². The highest BCUT2D eigenvalue weighted by atomic mass is 16.5. The van der Waals surface area contributed by atoms with Crippen LogP contribution in [0.25, 0.3) is 0 Å². The smallest absolute Gasteiger partial charge is 0.225 e. The number of ether oxygens (including phenoxy) is 1. The van der Waals surface area contributed by atoms with E-state index in [1.807, 2.05) is 4.90 Å². The van der Waals surface area contributed by atoms with Gasteiger partial charge in [0.05, 0.1) is 24.2 Å². The molecule has 0 bridgehead atoms. The van der Waals surface area contributed by atoms with Crippen molar-refractivity contribution in [3.8, 4) is 0 Å². The van der Waals surface area contributed by atoms with Crippen molar-refractivity contribution in [2.24, 2.45) is 0 Å². The van der Waals surface area contributed by atoms with Crippen LogP contribution in [-0.2, 0) is 9.53 Å². The van der Waals surface area contributed by atoms with Gasteiger partial charge < -0.3 is 14.7 Å². The fourth-order valence-electron chi connectivity index (χ4n) is 3.71. The number of carbonyl (C=O) groups excluding carboxylic acids is 1. The van der Waals surface area contributed by atoms with E-state index in [1.165, 1.54) is 12.8 Å². The molecule has 1 spiro atoms. The summed E-state index contributed by atoms with van der Waals surface area (Å²) in [6, 6.07) is 0. The van der Waals surface area contributed by atoms with Crippen LogP contribution in [0.2, 0.25) is 0 Å². The molecule has 1 saturated heterocycles. The van der Waals surface area contributed by atoms with Crippen LogP contribution in [-0.4, -0.2) is 46.8 Å². The Morgan fingerprint density at radius 1 is 1.11 bits per heavy atom. The number of hydrogen-bond donors (Lipinski definition) is 1. The van der Waals surface area contributed by atoms with Crippen molar-refractivity contribution in [1.29, 1.82) is 0 Å². The number of carbonyl (C=O) groups is 1. The van der Waals surface area contributed by atoms with Crippen molar-refractivity contribution in [2.75, 3.05) is 19.7 Å². The highest BCUT2D eigenvalue weighted by molar-refractivity contribution is 5.77. The molecule has 4 heteroatoms.